The quantitative estimate of drug-likeness (QED) is 0.539. The zero-order valence-electron chi connectivity index (χ0n) is 7.69. The van der Waals surface area contributed by atoms with E-state index in [1.165, 1.54) is 0 Å². The SMILES string of the molecule is Cc1coc2c(ccc3ncnc32)c1. The van der Waals surface area contributed by atoms with Gasteiger partial charge in [-0.3, -0.25) is 0 Å². The Labute approximate surface area is 80.4 Å². The minimum Gasteiger partial charge on any atom is -0.462 e. The van der Waals surface area contributed by atoms with Crippen molar-refractivity contribution in [3.8, 4) is 0 Å². The Kier molecular flexibility index (Phi) is 1.36. The first-order valence-electron chi connectivity index (χ1n) is 4.43. The lowest BCUT2D eigenvalue weighted by atomic mass is 10.2. The van der Waals surface area contributed by atoms with E-state index in [0.717, 1.165) is 27.6 Å². The van der Waals surface area contributed by atoms with Gasteiger partial charge in [0.2, 0.25) is 0 Å². The largest absolute Gasteiger partial charge is 0.462 e. The molecule has 0 aliphatic heterocycles. The first-order valence-corrected chi connectivity index (χ1v) is 4.43. The van der Waals surface area contributed by atoms with Crippen molar-refractivity contribution in [1.29, 1.82) is 0 Å². The van der Waals surface area contributed by atoms with E-state index in [-0.39, 0.29) is 0 Å². The fraction of sp³-hybridized carbons (Fsp3) is 0.0909. The molecule has 1 aromatic carbocycles. The molecule has 0 amide bonds. The second kappa shape index (κ2) is 2.54. The molecular weight excluding hydrogens is 176 g/mol. The maximum Gasteiger partial charge on any atom is 0.161 e. The molecule has 0 fully saturated rings. The van der Waals surface area contributed by atoms with Crippen molar-refractivity contribution in [1.82, 2.24) is 9.97 Å². The third-order valence-electron chi connectivity index (χ3n) is 2.27. The van der Waals surface area contributed by atoms with E-state index in [1.54, 1.807) is 12.6 Å². The summed E-state index contributed by atoms with van der Waals surface area (Å²) in [5, 5.41) is 1.07. The molecule has 0 aliphatic carbocycles. The van der Waals surface area contributed by atoms with Crippen molar-refractivity contribution in [3.63, 3.8) is 0 Å². The van der Waals surface area contributed by atoms with Gasteiger partial charge in [0, 0.05) is 5.39 Å². The van der Waals surface area contributed by atoms with Crippen LogP contribution in [0.1, 0.15) is 5.56 Å². The Bertz CT molecular complexity index is 613. The summed E-state index contributed by atoms with van der Waals surface area (Å²) in [4.78, 5) is 8.29. The second-order valence-electron chi connectivity index (χ2n) is 3.35. The fourth-order valence-electron chi connectivity index (χ4n) is 1.62. The zero-order valence-corrected chi connectivity index (χ0v) is 7.69. The summed E-state index contributed by atoms with van der Waals surface area (Å²) in [7, 11) is 0. The Balaban J connectivity index is 2.57. The molecule has 2 aromatic heterocycles. The molecule has 0 N–H and O–H groups in total. The highest BCUT2D eigenvalue weighted by molar-refractivity contribution is 5.99. The van der Waals surface area contributed by atoms with E-state index in [9.17, 15) is 0 Å². The van der Waals surface area contributed by atoms with Crippen LogP contribution < -0.4 is 0 Å². The maximum atomic E-state index is 5.51. The highest BCUT2D eigenvalue weighted by Crippen LogP contribution is 2.23. The number of hydrogen-bond acceptors (Lipinski definition) is 3. The molecule has 3 heteroatoms. The van der Waals surface area contributed by atoms with E-state index in [2.05, 4.69) is 16.0 Å². The minimum absolute atomic E-state index is 0.811. The van der Waals surface area contributed by atoms with Gasteiger partial charge in [-0.15, -0.1) is 0 Å². The lowest BCUT2D eigenvalue weighted by molar-refractivity contribution is 0.601. The second-order valence-corrected chi connectivity index (χ2v) is 3.35. The van der Waals surface area contributed by atoms with Gasteiger partial charge in [-0.1, -0.05) is 0 Å². The summed E-state index contributed by atoms with van der Waals surface area (Å²) in [6.45, 7) is 2.00. The van der Waals surface area contributed by atoms with Gasteiger partial charge in [-0.05, 0) is 30.7 Å². The third-order valence-corrected chi connectivity index (χ3v) is 2.27. The van der Waals surface area contributed by atoms with Crippen molar-refractivity contribution in [3.05, 3.63) is 36.4 Å². The van der Waals surface area contributed by atoms with E-state index in [0.29, 0.717) is 0 Å². The Morgan fingerprint density at radius 2 is 2.14 bits per heavy atom. The highest BCUT2D eigenvalue weighted by atomic mass is 16.3. The standard InChI is InChI=1S/C11H8N2O/c1-7-4-8-2-3-9-10(13-6-12-9)11(8)14-5-7/h2-6H,1H3. The molecule has 0 saturated heterocycles. The first kappa shape index (κ1) is 7.50. The van der Waals surface area contributed by atoms with Gasteiger partial charge in [0.15, 0.2) is 5.58 Å². The molecule has 0 radical (unpaired) electrons. The lowest BCUT2D eigenvalue weighted by Crippen LogP contribution is -1.77. The first-order chi connectivity index (χ1) is 6.84. The van der Waals surface area contributed by atoms with Crippen LogP contribution in [0.4, 0.5) is 0 Å². The van der Waals surface area contributed by atoms with Gasteiger partial charge in [0.05, 0.1) is 11.8 Å². The van der Waals surface area contributed by atoms with E-state index >= 15 is 0 Å². The smallest absolute Gasteiger partial charge is 0.161 e. The molecule has 14 heavy (non-hydrogen) atoms. The molecule has 68 valence electrons. The molecule has 0 bridgehead atoms. The molecule has 3 aromatic rings. The highest BCUT2D eigenvalue weighted by Gasteiger charge is 2.04. The van der Waals surface area contributed by atoms with Gasteiger partial charge in [0.25, 0.3) is 0 Å². The van der Waals surface area contributed by atoms with Gasteiger partial charge >= 0.3 is 0 Å². The van der Waals surface area contributed by atoms with Gasteiger partial charge < -0.3 is 4.42 Å². The van der Waals surface area contributed by atoms with Crippen LogP contribution in [0.3, 0.4) is 0 Å². The molecule has 3 rings (SSSR count). The van der Waals surface area contributed by atoms with Crippen molar-refractivity contribution in [2.75, 3.05) is 0 Å². The van der Waals surface area contributed by atoms with E-state index in [4.69, 9.17) is 4.42 Å². The predicted molar refractivity (Wildman–Crippen MR) is 54.0 cm³/mol. The van der Waals surface area contributed by atoms with Crippen molar-refractivity contribution in [2.24, 2.45) is 0 Å². The Hall–Kier alpha value is -1.90. The van der Waals surface area contributed by atoms with Gasteiger partial charge in [-0.25, -0.2) is 9.97 Å². The number of benzene rings is 1. The topological polar surface area (TPSA) is 38.9 Å². The molecular formula is C11H8N2O. The van der Waals surface area contributed by atoms with Crippen molar-refractivity contribution >= 4 is 22.0 Å². The van der Waals surface area contributed by atoms with Crippen LogP contribution in [-0.4, -0.2) is 9.97 Å². The van der Waals surface area contributed by atoms with Crippen LogP contribution in [0.15, 0.2) is 35.2 Å². The molecule has 0 spiro atoms. The zero-order chi connectivity index (χ0) is 9.54. The number of aromatic nitrogens is 2. The average molecular weight is 184 g/mol. The monoisotopic (exact) mass is 184 g/mol. The molecule has 0 unspecified atom stereocenters. The summed E-state index contributed by atoms with van der Waals surface area (Å²) in [6.07, 6.45) is 3.29. The van der Waals surface area contributed by atoms with E-state index in [1.807, 2.05) is 19.1 Å². The summed E-state index contributed by atoms with van der Waals surface area (Å²) < 4.78 is 5.51. The number of hydrogen-bond donors (Lipinski definition) is 0. The Morgan fingerprint density at radius 1 is 1.21 bits per heavy atom. The number of fused-ring (bicyclic) bond motifs is 3. The fourth-order valence-corrected chi connectivity index (χ4v) is 1.62. The van der Waals surface area contributed by atoms with E-state index < -0.39 is 0 Å². The van der Waals surface area contributed by atoms with Crippen LogP contribution in [0, 0.1) is 6.92 Å². The molecule has 3 nitrogen and oxygen atoms in total. The molecule has 0 aliphatic rings. The summed E-state index contributed by atoms with van der Waals surface area (Å²) >= 11 is 0. The average Bonchev–Trinajstić information content (AvgIpc) is 2.65. The van der Waals surface area contributed by atoms with Gasteiger partial charge in [0.1, 0.15) is 11.8 Å². The maximum absolute atomic E-state index is 5.51. The minimum atomic E-state index is 0.811. The van der Waals surface area contributed by atoms with Crippen molar-refractivity contribution < 1.29 is 4.42 Å². The van der Waals surface area contributed by atoms with Crippen LogP contribution >= 0.6 is 0 Å². The summed E-state index contributed by atoms with van der Waals surface area (Å²) in [5.74, 6) is 0. The van der Waals surface area contributed by atoms with Gasteiger partial charge in [-0.2, -0.15) is 0 Å². The summed E-state index contributed by atoms with van der Waals surface area (Å²) in [5.41, 5.74) is 3.63. The predicted octanol–water partition coefficient (Wildman–Crippen LogP) is 2.68. The van der Waals surface area contributed by atoms with Crippen LogP contribution in [-0.2, 0) is 0 Å². The van der Waals surface area contributed by atoms with Crippen LogP contribution in [0.2, 0.25) is 0 Å². The molecule has 2 heterocycles. The lowest BCUT2D eigenvalue weighted by Gasteiger charge is -1.98. The van der Waals surface area contributed by atoms with Crippen LogP contribution in [0.25, 0.3) is 22.0 Å². The summed E-state index contributed by atoms with van der Waals surface area (Å²) in [6, 6.07) is 6.04. The molecule has 0 atom stereocenters. The van der Waals surface area contributed by atoms with Crippen LogP contribution in [0.5, 0.6) is 0 Å². The normalized spacial score (nSPS) is 11.2. The number of imidazole rings is 1. The number of nitrogens with zero attached hydrogens (tertiary/aromatic N) is 2. The number of aryl methyl sites for hydroxylation is 1. The Morgan fingerprint density at radius 3 is 3.07 bits per heavy atom. The third kappa shape index (κ3) is 0.923. The number of rotatable bonds is 0. The molecule has 0 saturated carbocycles. The van der Waals surface area contributed by atoms with Crippen molar-refractivity contribution in [2.45, 2.75) is 6.92 Å².